The van der Waals surface area contributed by atoms with Crippen molar-refractivity contribution in [3.63, 3.8) is 0 Å². The highest BCUT2D eigenvalue weighted by Gasteiger charge is 2.26. The summed E-state index contributed by atoms with van der Waals surface area (Å²) >= 11 is 0. The van der Waals surface area contributed by atoms with E-state index in [4.69, 9.17) is 9.47 Å². The zero-order chi connectivity index (χ0) is 22.6. The van der Waals surface area contributed by atoms with Crippen LogP contribution in [0.4, 0.5) is 4.79 Å². The number of allylic oxidation sites excluding steroid dienone is 1. The standard InChI is InChI=1S/C24H31N3O3Si/c1-6-27-22(15-17(2)26-27)23(30-24(28)29-19-9-7-8-10-19)21(16-25)18-11-13-20(14-12-18)31(3,4)5/h11-15,19H,6-10H2,1-5H3/b23-21+. The molecule has 0 saturated heterocycles. The Morgan fingerprint density at radius 3 is 2.42 bits per heavy atom. The molecule has 31 heavy (non-hydrogen) atoms. The zero-order valence-corrected chi connectivity index (χ0v) is 20.1. The fourth-order valence-corrected chi connectivity index (χ4v) is 5.00. The van der Waals surface area contributed by atoms with Crippen LogP contribution in [0.1, 0.15) is 49.6 Å². The monoisotopic (exact) mass is 437 g/mol. The van der Waals surface area contributed by atoms with Crippen molar-refractivity contribution in [1.29, 1.82) is 5.26 Å². The van der Waals surface area contributed by atoms with Crippen molar-refractivity contribution in [3.8, 4) is 6.07 Å². The molecule has 6 nitrogen and oxygen atoms in total. The van der Waals surface area contributed by atoms with Crippen LogP contribution in [0.15, 0.2) is 30.3 Å². The van der Waals surface area contributed by atoms with Gasteiger partial charge in [-0.3, -0.25) is 4.68 Å². The number of nitriles is 1. The van der Waals surface area contributed by atoms with Gasteiger partial charge in [0.25, 0.3) is 0 Å². The number of hydrogen-bond donors (Lipinski definition) is 0. The number of carbonyl (C=O) groups excluding carboxylic acids is 1. The molecule has 0 spiro atoms. The molecule has 1 fully saturated rings. The molecule has 1 aliphatic rings. The first-order valence-corrected chi connectivity index (χ1v) is 14.4. The van der Waals surface area contributed by atoms with Crippen molar-refractivity contribution < 1.29 is 14.3 Å². The van der Waals surface area contributed by atoms with Gasteiger partial charge in [-0.1, -0.05) is 49.1 Å². The molecule has 1 aromatic carbocycles. The van der Waals surface area contributed by atoms with Gasteiger partial charge >= 0.3 is 6.16 Å². The maximum atomic E-state index is 12.6. The lowest BCUT2D eigenvalue weighted by Crippen LogP contribution is -2.37. The molecule has 1 aromatic heterocycles. The zero-order valence-electron chi connectivity index (χ0n) is 19.1. The molecule has 7 heteroatoms. The summed E-state index contributed by atoms with van der Waals surface area (Å²) in [5.41, 5.74) is 2.37. The van der Waals surface area contributed by atoms with Crippen molar-refractivity contribution in [2.24, 2.45) is 0 Å². The van der Waals surface area contributed by atoms with Gasteiger partial charge in [-0.25, -0.2) is 4.79 Å². The highest BCUT2D eigenvalue weighted by Crippen LogP contribution is 2.29. The molecule has 164 valence electrons. The first-order chi connectivity index (χ1) is 14.7. The third-order valence-electron chi connectivity index (χ3n) is 5.56. The molecule has 2 aromatic rings. The lowest BCUT2D eigenvalue weighted by Gasteiger charge is -2.18. The maximum absolute atomic E-state index is 12.6. The van der Waals surface area contributed by atoms with Crippen LogP contribution in [0.2, 0.25) is 19.6 Å². The minimum absolute atomic E-state index is 0.117. The van der Waals surface area contributed by atoms with E-state index in [1.165, 1.54) is 5.19 Å². The van der Waals surface area contributed by atoms with Crippen LogP contribution < -0.4 is 5.19 Å². The number of benzene rings is 1. The second-order valence-electron chi connectivity index (χ2n) is 9.01. The van der Waals surface area contributed by atoms with Crippen molar-refractivity contribution in [2.45, 2.75) is 71.8 Å². The Kier molecular flexibility index (Phi) is 7.01. The van der Waals surface area contributed by atoms with E-state index >= 15 is 0 Å². The van der Waals surface area contributed by atoms with Crippen molar-refractivity contribution in [2.75, 3.05) is 0 Å². The van der Waals surface area contributed by atoms with Crippen molar-refractivity contribution in [1.82, 2.24) is 9.78 Å². The normalized spacial score (nSPS) is 15.4. The van der Waals surface area contributed by atoms with Gasteiger partial charge in [0.15, 0.2) is 5.76 Å². The van der Waals surface area contributed by atoms with Crippen LogP contribution >= 0.6 is 0 Å². The van der Waals surface area contributed by atoms with E-state index < -0.39 is 14.2 Å². The summed E-state index contributed by atoms with van der Waals surface area (Å²) in [6.07, 6.45) is 2.92. The van der Waals surface area contributed by atoms with E-state index in [1.807, 2.05) is 32.0 Å². The molecule has 1 aliphatic carbocycles. The molecule has 3 rings (SSSR count). The summed E-state index contributed by atoms with van der Waals surface area (Å²) in [4.78, 5) is 12.6. The van der Waals surface area contributed by atoms with E-state index in [9.17, 15) is 10.1 Å². The summed E-state index contributed by atoms with van der Waals surface area (Å²) in [6, 6.07) is 12.1. The minimum Gasteiger partial charge on any atom is -0.431 e. The molecule has 0 radical (unpaired) electrons. The fraction of sp³-hybridized carbons (Fsp3) is 0.458. The molecule has 0 unspecified atom stereocenters. The lowest BCUT2D eigenvalue weighted by molar-refractivity contribution is 0.0539. The van der Waals surface area contributed by atoms with Gasteiger partial charge in [0.05, 0.1) is 13.8 Å². The van der Waals surface area contributed by atoms with Gasteiger partial charge in [0.2, 0.25) is 0 Å². The second-order valence-corrected chi connectivity index (χ2v) is 14.1. The number of aryl methyl sites for hydroxylation is 2. The van der Waals surface area contributed by atoms with Crippen LogP contribution in [0.3, 0.4) is 0 Å². The number of rotatable bonds is 6. The predicted octanol–water partition coefficient (Wildman–Crippen LogP) is 5.24. The first-order valence-electron chi connectivity index (χ1n) is 10.9. The third-order valence-corrected chi connectivity index (χ3v) is 7.63. The molecule has 0 bridgehead atoms. The lowest BCUT2D eigenvalue weighted by atomic mass is 10.0. The molecular formula is C24H31N3O3Si. The van der Waals surface area contributed by atoms with Gasteiger partial charge in [-0.15, -0.1) is 0 Å². The average Bonchev–Trinajstić information content (AvgIpc) is 3.36. The van der Waals surface area contributed by atoms with E-state index in [0.29, 0.717) is 23.4 Å². The summed E-state index contributed by atoms with van der Waals surface area (Å²) in [5, 5.41) is 15.8. The number of ether oxygens (including phenoxy) is 2. The minimum atomic E-state index is -1.47. The van der Waals surface area contributed by atoms with Gasteiger partial charge in [-0.2, -0.15) is 10.4 Å². The number of carbonyl (C=O) groups is 1. The summed E-state index contributed by atoms with van der Waals surface area (Å²) in [7, 11) is -1.47. The summed E-state index contributed by atoms with van der Waals surface area (Å²) in [6.45, 7) is 11.2. The van der Waals surface area contributed by atoms with Crippen molar-refractivity contribution in [3.05, 3.63) is 47.3 Å². The molecular weight excluding hydrogens is 406 g/mol. The topological polar surface area (TPSA) is 77.1 Å². The van der Waals surface area contributed by atoms with E-state index in [-0.39, 0.29) is 11.9 Å². The summed E-state index contributed by atoms with van der Waals surface area (Å²) in [5.74, 6) is 0.189. The Balaban J connectivity index is 2.04. The fourth-order valence-electron chi connectivity index (χ4n) is 3.83. The van der Waals surface area contributed by atoms with Crippen LogP contribution in [-0.2, 0) is 16.0 Å². The predicted molar refractivity (Wildman–Crippen MR) is 124 cm³/mol. The largest absolute Gasteiger partial charge is 0.514 e. The van der Waals surface area contributed by atoms with Gasteiger partial charge in [0.1, 0.15) is 23.4 Å². The van der Waals surface area contributed by atoms with Gasteiger partial charge < -0.3 is 9.47 Å². The molecule has 1 saturated carbocycles. The molecule has 1 heterocycles. The quantitative estimate of drug-likeness (QED) is 0.267. The van der Waals surface area contributed by atoms with E-state index in [0.717, 1.165) is 31.4 Å². The molecule has 0 aliphatic heterocycles. The smallest absolute Gasteiger partial charge is 0.431 e. The van der Waals surface area contributed by atoms with Crippen LogP contribution in [0.5, 0.6) is 0 Å². The Hall–Kier alpha value is -2.85. The Morgan fingerprint density at radius 2 is 1.87 bits per heavy atom. The highest BCUT2D eigenvalue weighted by atomic mass is 28.3. The van der Waals surface area contributed by atoms with Crippen LogP contribution in [0, 0.1) is 18.3 Å². The van der Waals surface area contributed by atoms with E-state index in [2.05, 4.69) is 42.9 Å². The molecule has 0 amide bonds. The van der Waals surface area contributed by atoms with Crippen LogP contribution in [-0.4, -0.2) is 30.1 Å². The van der Waals surface area contributed by atoms with E-state index in [1.54, 1.807) is 4.68 Å². The Labute approximate surface area is 185 Å². The molecule has 0 atom stereocenters. The number of hydrogen-bond acceptors (Lipinski definition) is 5. The van der Waals surface area contributed by atoms with Crippen LogP contribution in [0.25, 0.3) is 11.3 Å². The SMILES string of the molecule is CCn1nc(C)cc1/C(OC(=O)OC1CCCC1)=C(/C#N)c1ccc([Si](C)(C)C)cc1. The maximum Gasteiger partial charge on any atom is 0.514 e. The van der Waals surface area contributed by atoms with Crippen molar-refractivity contribution >= 4 is 30.7 Å². The highest BCUT2D eigenvalue weighted by molar-refractivity contribution is 6.88. The second kappa shape index (κ2) is 9.52. The average molecular weight is 438 g/mol. The third kappa shape index (κ3) is 5.45. The summed E-state index contributed by atoms with van der Waals surface area (Å²) < 4.78 is 12.9. The van der Waals surface area contributed by atoms with Gasteiger partial charge in [0, 0.05) is 6.54 Å². The number of aromatic nitrogens is 2. The Bertz CT molecular complexity index is 1000. The molecule has 0 N–H and O–H groups in total. The first kappa shape index (κ1) is 22.8. The van der Waals surface area contributed by atoms with Gasteiger partial charge in [-0.05, 0) is 51.2 Å². The number of nitrogens with zero attached hydrogens (tertiary/aromatic N) is 3. The Morgan fingerprint density at radius 1 is 1.23 bits per heavy atom.